The number of hydrogen-bond acceptors (Lipinski definition) is 4. The van der Waals surface area contributed by atoms with Gasteiger partial charge in [0.05, 0.1) is 12.4 Å². The minimum Gasteiger partial charge on any atom is -0.380 e. The number of aryl methyl sites for hydroxylation is 2. The van der Waals surface area contributed by atoms with Crippen LogP contribution in [0.15, 0.2) is 18.2 Å². The quantitative estimate of drug-likeness (QED) is 0.917. The van der Waals surface area contributed by atoms with Crippen molar-refractivity contribution in [3.63, 3.8) is 0 Å². The zero-order valence-electron chi connectivity index (χ0n) is 12.3. The van der Waals surface area contributed by atoms with E-state index in [0.717, 1.165) is 23.1 Å². The van der Waals surface area contributed by atoms with Crippen molar-refractivity contribution in [3.8, 4) is 0 Å². The van der Waals surface area contributed by atoms with Gasteiger partial charge in [-0.2, -0.15) is 0 Å². The summed E-state index contributed by atoms with van der Waals surface area (Å²) in [5.74, 6) is 0.0850. The lowest BCUT2D eigenvalue weighted by atomic mass is 10.1. The predicted octanol–water partition coefficient (Wildman–Crippen LogP) is 1.60. The van der Waals surface area contributed by atoms with Crippen LogP contribution in [0.2, 0.25) is 0 Å². The fraction of sp³-hybridized carbons (Fsp3) is 0.600. The molecule has 1 N–H and O–H groups in total. The molecule has 4 nitrogen and oxygen atoms in total. The van der Waals surface area contributed by atoms with Gasteiger partial charge in [-0.25, -0.2) is 8.42 Å². The molecule has 1 aromatic rings. The topological polar surface area (TPSA) is 55.4 Å². The first kappa shape index (κ1) is 15.5. The molecule has 0 aliphatic carbocycles. The summed E-state index contributed by atoms with van der Waals surface area (Å²) in [5.41, 5.74) is 3.06. The number of nitrogens with one attached hydrogen (secondary N) is 1. The minimum absolute atomic E-state index is 0.0142. The maximum absolute atomic E-state index is 12.6. The summed E-state index contributed by atoms with van der Waals surface area (Å²) in [4.78, 5) is 0. The molecule has 1 aliphatic heterocycles. The summed E-state index contributed by atoms with van der Waals surface area (Å²) in [6, 6.07) is 5.93. The van der Waals surface area contributed by atoms with E-state index in [2.05, 4.69) is 11.4 Å². The Kier molecular flexibility index (Phi) is 4.83. The molecule has 0 aromatic heterocycles. The van der Waals surface area contributed by atoms with Gasteiger partial charge in [0, 0.05) is 12.6 Å². The third kappa shape index (κ3) is 3.59. The summed E-state index contributed by atoms with van der Waals surface area (Å²) in [7, 11) is -1.40. The van der Waals surface area contributed by atoms with E-state index in [1.165, 1.54) is 0 Å². The average molecular weight is 297 g/mol. The molecule has 2 unspecified atom stereocenters. The predicted molar refractivity (Wildman–Crippen MR) is 80.6 cm³/mol. The molecular formula is C15H23NO3S. The molecule has 0 spiro atoms. The van der Waals surface area contributed by atoms with Gasteiger partial charge in [0.15, 0.2) is 9.84 Å². The Morgan fingerprint density at radius 2 is 1.90 bits per heavy atom. The first-order valence-electron chi connectivity index (χ1n) is 6.96. The molecule has 2 atom stereocenters. The first-order chi connectivity index (χ1) is 9.42. The van der Waals surface area contributed by atoms with Crippen LogP contribution in [0, 0.1) is 13.8 Å². The van der Waals surface area contributed by atoms with Crippen LogP contribution in [0.25, 0.3) is 0 Å². The van der Waals surface area contributed by atoms with Gasteiger partial charge in [0.25, 0.3) is 0 Å². The Bertz CT molecular complexity index is 548. The molecule has 0 bridgehead atoms. The molecule has 0 radical (unpaired) electrons. The maximum atomic E-state index is 12.6. The van der Waals surface area contributed by atoms with Gasteiger partial charge in [-0.1, -0.05) is 29.3 Å². The summed E-state index contributed by atoms with van der Waals surface area (Å²) < 4.78 is 30.6. The summed E-state index contributed by atoms with van der Waals surface area (Å²) in [6.07, 6.45) is 0.743. The second-order valence-corrected chi connectivity index (χ2v) is 7.82. The summed E-state index contributed by atoms with van der Waals surface area (Å²) in [6.45, 7) is 4.90. The Hall–Kier alpha value is -0.910. The van der Waals surface area contributed by atoms with Crippen molar-refractivity contribution in [3.05, 3.63) is 34.9 Å². The van der Waals surface area contributed by atoms with Crippen LogP contribution >= 0.6 is 0 Å². The molecule has 20 heavy (non-hydrogen) atoms. The van der Waals surface area contributed by atoms with E-state index in [4.69, 9.17) is 4.74 Å². The Balaban J connectivity index is 2.21. The normalized spacial score (nSPS) is 23.8. The highest BCUT2D eigenvalue weighted by Gasteiger charge is 2.35. The van der Waals surface area contributed by atoms with E-state index in [1.54, 1.807) is 0 Å². The van der Waals surface area contributed by atoms with Crippen molar-refractivity contribution in [1.29, 1.82) is 0 Å². The van der Waals surface area contributed by atoms with Crippen LogP contribution in [0.5, 0.6) is 0 Å². The van der Waals surface area contributed by atoms with E-state index in [1.807, 2.05) is 33.0 Å². The molecule has 112 valence electrons. The van der Waals surface area contributed by atoms with Crippen LogP contribution in [-0.2, 0) is 20.3 Å². The number of hydrogen-bond donors (Lipinski definition) is 1. The first-order valence-corrected chi connectivity index (χ1v) is 8.67. The lowest BCUT2D eigenvalue weighted by Gasteiger charge is -2.31. The molecule has 5 heteroatoms. The average Bonchev–Trinajstić information content (AvgIpc) is 2.36. The number of rotatable bonds is 4. The van der Waals surface area contributed by atoms with Crippen LogP contribution in [-0.4, -0.2) is 40.0 Å². The van der Waals surface area contributed by atoms with Crippen molar-refractivity contribution in [1.82, 2.24) is 5.32 Å². The van der Waals surface area contributed by atoms with Crippen molar-refractivity contribution in [2.75, 3.05) is 20.3 Å². The molecule has 1 aromatic carbocycles. The molecular weight excluding hydrogens is 274 g/mol. The number of sulfone groups is 1. The smallest absolute Gasteiger partial charge is 0.161 e. The maximum Gasteiger partial charge on any atom is 0.161 e. The monoisotopic (exact) mass is 297 g/mol. The van der Waals surface area contributed by atoms with Gasteiger partial charge in [-0.15, -0.1) is 0 Å². The van der Waals surface area contributed by atoms with E-state index < -0.39 is 15.1 Å². The largest absolute Gasteiger partial charge is 0.380 e. The van der Waals surface area contributed by atoms with Crippen molar-refractivity contribution in [2.45, 2.75) is 37.3 Å². The van der Waals surface area contributed by atoms with E-state index >= 15 is 0 Å². The highest BCUT2D eigenvalue weighted by molar-refractivity contribution is 7.91. The standard InChI is InChI=1S/C15H23NO3S/c1-11-6-12(2)8-13(7-11)10-20(17,18)15-9-19-5-4-14(15)16-3/h6-8,14-16H,4-5,9-10H2,1-3H3. The lowest BCUT2D eigenvalue weighted by molar-refractivity contribution is 0.0825. The number of ether oxygens (including phenoxy) is 1. The third-order valence-electron chi connectivity index (χ3n) is 3.79. The van der Waals surface area contributed by atoms with E-state index in [9.17, 15) is 8.42 Å². The highest BCUT2D eigenvalue weighted by atomic mass is 32.2. The summed E-state index contributed by atoms with van der Waals surface area (Å²) >= 11 is 0. The third-order valence-corrected chi connectivity index (χ3v) is 5.91. The van der Waals surface area contributed by atoms with Crippen LogP contribution in [0.1, 0.15) is 23.1 Å². The van der Waals surface area contributed by atoms with Crippen LogP contribution in [0.4, 0.5) is 0 Å². The van der Waals surface area contributed by atoms with Gasteiger partial charge in [0.2, 0.25) is 0 Å². The van der Waals surface area contributed by atoms with Gasteiger partial charge >= 0.3 is 0 Å². The van der Waals surface area contributed by atoms with Crippen LogP contribution < -0.4 is 5.32 Å². The van der Waals surface area contributed by atoms with Gasteiger partial charge in [0.1, 0.15) is 5.25 Å². The molecule has 1 aliphatic rings. The van der Waals surface area contributed by atoms with Gasteiger partial charge in [-0.05, 0) is 32.9 Å². The molecule has 1 fully saturated rings. The molecule has 1 saturated heterocycles. The second kappa shape index (κ2) is 6.24. The Morgan fingerprint density at radius 1 is 1.25 bits per heavy atom. The second-order valence-electron chi connectivity index (χ2n) is 5.60. The fourth-order valence-electron chi connectivity index (χ4n) is 2.89. The Labute approximate surface area is 121 Å². The van der Waals surface area contributed by atoms with Crippen LogP contribution in [0.3, 0.4) is 0 Å². The lowest BCUT2D eigenvalue weighted by Crippen LogP contribution is -2.49. The van der Waals surface area contributed by atoms with Crippen molar-refractivity contribution < 1.29 is 13.2 Å². The zero-order chi connectivity index (χ0) is 14.8. The zero-order valence-corrected chi connectivity index (χ0v) is 13.2. The van der Waals surface area contributed by atoms with Gasteiger partial charge in [-0.3, -0.25) is 0 Å². The highest BCUT2D eigenvalue weighted by Crippen LogP contribution is 2.21. The van der Waals surface area contributed by atoms with Crippen molar-refractivity contribution in [2.24, 2.45) is 0 Å². The summed E-state index contributed by atoms with van der Waals surface area (Å²) in [5, 5.41) is 2.65. The van der Waals surface area contributed by atoms with Crippen molar-refractivity contribution >= 4 is 9.84 Å². The molecule has 0 amide bonds. The van der Waals surface area contributed by atoms with E-state index in [0.29, 0.717) is 13.2 Å². The van der Waals surface area contributed by atoms with E-state index in [-0.39, 0.29) is 11.8 Å². The molecule has 1 heterocycles. The molecule has 0 saturated carbocycles. The minimum atomic E-state index is -3.22. The fourth-order valence-corrected chi connectivity index (χ4v) is 4.81. The number of benzene rings is 1. The molecule has 2 rings (SSSR count). The Morgan fingerprint density at radius 3 is 2.50 bits per heavy atom. The SMILES string of the molecule is CNC1CCOCC1S(=O)(=O)Cc1cc(C)cc(C)c1. The van der Waals surface area contributed by atoms with Gasteiger partial charge < -0.3 is 10.1 Å².